The van der Waals surface area contributed by atoms with E-state index in [1.54, 1.807) is 12.3 Å². The lowest BCUT2D eigenvalue weighted by atomic mass is 9.90. The first-order valence-electron chi connectivity index (χ1n) is 10.5. The molecule has 4 heteroatoms. The second-order valence-corrected chi connectivity index (χ2v) is 8.20. The molecule has 0 aliphatic carbocycles. The number of hydrogen-bond donors (Lipinski definition) is 1. The molecule has 0 spiro atoms. The third kappa shape index (κ3) is 4.83. The van der Waals surface area contributed by atoms with Crippen molar-refractivity contribution in [2.24, 2.45) is 5.92 Å². The van der Waals surface area contributed by atoms with Crippen LogP contribution in [-0.4, -0.2) is 33.1 Å². The van der Waals surface area contributed by atoms with Gasteiger partial charge in [0.15, 0.2) is 0 Å². The number of aromatic nitrogens is 2. The Balaban J connectivity index is 1.42. The van der Waals surface area contributed by atoms with Crippen molar-refractivity contribution < 1.29 is 5.11 Å². The summed E-state index contributed by atoms with van der Waals surface area (Å²) in [7, 11) is 0. The summed E-state index contributed by atoms with van der Waals surface area (Å²) >= 11 is 0. The minimum atomic E-state index is 0.360. The van der Waals surface area contributed by atoms with E-state index in [4.69, 9.17) is 0 Å². The number of piperidine rings is 1. The smallest absolute Gasteiger partial charge is 0.120 e. The van der Waals surface area contributed by atoms with Gasteiger partial charge in [-0.25, -0.2) is 4.98 Å². The number of nitrogens with zero attached hydrogens (tertiary/aromatic N) is 3. The molecule has 150 valence electrons. The lowest BCUT2D eigenvalue weighted by Gasteiger charge is -2.32. The van der Waals surface area contributed by atoms with E-state index in [-0.39, 0.29) is 0 Å². The molecule has 0 bridgehead atoms. The van der Waals surface area contributed by atoms with Crippen molar-refractivity contribution in [1.82, 2.24) is 14.9 Å². The summed E-state index contributed by atoms with van der Waals surface area (Å²) < 4.78 is 0. The molecule has 1 N–H and O–H groups in total. The van der Waals surface area contributed by atoms with Gasteiger partial charge in [-0.05, 0) is 75.9 Å². The topological polar surface area (TPSA) is 49.3 Å². The van der Waals surface area contributed by atoms with Crippen molar-refractivity contribution >= 4 is 0 Å². The van der Waals surface area contributed by atoms with Gasteiger partial charge in [-0.3, -0.25) is 9.88 Å². The van der Waals surface area contributed by atoms with Gasteiger partial charge in [-0.15, -0.1) is 0 Å². The van der Waals surface area contributed by atoms with Crippen molar-refractivity contribution in [3.8, 4) is 17.0 Å². The molecule has 0 atom stereocenters. The fraction of sp³-hybridized carbons (Fsp3) is 0.360. The van der Waals surface area contributed by atoms with Gasteiger partial charge >= 0.3 is 0 Å². The van der Waals surface area contributed by atoms with E-state index in [0.717, 1.165) is 53.8 Å². The Morgan fingerprint density at radius 3 is 2.55 bits per heavy atom. The molecule has 4 nitrogen and oxygen atoms in total. The van der Waals surface area contributed by atoms with Crippen LogP contribution in [0.3, 0.4) is 0 Å². The summed E-state index contributed by atoms with van der Waals surface area (Å²) in [6.45, 7) is 6.85. The van der Waals surface area contributed by atoms with Crippen LogP contribution in [0.15, 0.2) is 54.7 Å². The number of aryl methyl sites for hydroxylation is 2. The van der Waals surface area contributed by atoms with Gasteiger partial charge in [0.05, 0.1) is 17.1 Å². The average molecular weight is 388 g/mol. The van der Waals surface area contributed by atoms with E-state index in [9.17, 15) is 5.11 Å². The zero-order valence-electron chi connectivity index (χ0n) is 17.3. The van der Waals surface area contributed by atoms with Gasteiger partial charge in [-0.2, -0.15) is 0 Å². The monoisotopic (exact) mass is 387 g/mol. The number of benzene rings is 2. The average Bonchev–Trinajstić information content (AvgIpc) is 2.74. The third-order valence-electron chi connectivity index (χ3n) is 5.90. The van der Waals surface area contributed by atoms with E-state index in [0.29, 0.717) is 5.75 Å². The van der Waals surface area contributed by atoms with Crippen LogP contribution in [0.2, 0.25) is 0 Å². The van der Waals surface area contributed by atoms with Crippen molar-refractivity contribution in [1.29, 1.82) is 0 Å². The van der Waals surface area contributed by atoms with E-state index >= 15 is 0 Å². The number of hydrogen-bond acceptors (Lipinski definition) is 4. The summed E-state index contributed by atoms with van der Waals surface area (Å²) in [5.41, 5.74) is 6.13. The van der Waals surface area contributed by atoms with Gasteiger partial charge in [0.1, 0.15) is 5.75 Å². The summed E-state index contributed by atoms with van der Waals surface area (Å²) in [5.74, 6) is 1.11. The van der Waals surface area contributed by atoms with Crippen molar-refractivity contribution in [2.75, 3.05) is 13.1 Å². The van der Waals surface area contributed by atoms with E-state index in [1.165, 1.54) is 24.8 Å². The van der Waals surface area contributed by atoms with Crippen LogP contribution in [0.1, 0.15) is 35.4 Å². The molecule has 1 aromatic heterocycles. The quantitative estimate of drug-likeness (QED) is 0.675. The molecule has 1 aliphatic heterocycles. The molecule has 1 saturated heterocycles. The standard InChI is InChI=1S/C25H29N3O/c1-18-16-26-19(2)25(27-18)22-8-9-24(29)23(15-22)17-28-12-10-21(11-13-28)14-20-6-4-3-5-7-20/h3-9,15-16,21,29H,10-14,17H2,1-2H3. The summed E-state index contributed by atoms with van der Waals surface area (Å²) in [6.07, 6.45) is 5.37. The SMILES string of the molecule is Cc1cnc(C)c(-c2ccc(O)c(CN3CCC(Cc4ccccc4)CC3)c2)n1. The Kier molecular flexibility index (Phi) is 5.91. The number of phenolic OH excluding ortho intramolecular Hbond substituents is 1. The van der Waals surface area contributed by atoms with Crippen molar-refractivity contribution in [2.45, 2.75) is 39.7 Å². The van der Waals surface area contributed by atoms with E-state index in [1.807, 2.05) is 19.9 Å². The third-order valence-corrected chi connectivity index (χ3v) is 5.90. The largest absolute Gasteiger partial charge is 0.508 e. The summed E-state index contributed by atoms with van der Waals surface area (Å²) in [6, 6.07) is 16.6. The maximum absolute atomic E-state index is 10.4. The minimum Gasteiger partial charge on any atom is -0.508 e. The maximum atomic E-state index is 10.4. The number of aromatic hydroxyl groups is 1. The highest BCUT2D eigenvalue weighted by Crippen LogP contribution is 2.29. The molecule has 0 saturated carbocycles. The number of phenols is 1. The second kappa shape index (κ2) is 8.75. The molecule has 0 unspecified atom stereocenters. The highest BCUT2D eigenvalue weighted by atomic mass is 16.3. The number of rotatable bonds is 5. The van der Waals surface area contributed by atoms with Gasteiger partial charge in [-0.1, -0.05) is 30.3 Å². The highest BCUT2D eigenvalue weighted by Gasteiger charge is 2.20. The second-order valence-electron chi connectivity index (χ2n) is 8.20. The van der Waals surface area contributed by atoms with Crippen LogP contribution < -0.4 is 0 Å². The van der Waals surface area contributed by atoms with Crippen LogP contribution in [0.4, 0.5) is 0 Å². The van der Waals surface area contributed by atoms with Crippen LogP contribution in [0, 0.1) is 19.8 Å². The molecule has 0 radical (unpaired) electrons. The van der Waals surface area contributed by atoms with Crippen LogP contribution in [-0.2, 0) is 13.0 Å². The molecule has 1 aliphatic rings. The first-order chi connectivity index (χ1) is 14.1. The normalized spacial score (nSPS) is 15.5. The molecule has 29 heavy (non-hydrogen) atoms. The van der Waals surface area contributed by atoms with Crippen LogP contribution in [0.5, 0.6) is 5.75 Å². The Labute approximate surface area is 173 Å². The first kappa shape index (κ1) is 19.6. The van der Waals surface area contributed by atoms with Gasteiger partial charge < -0.3 is 5.11 Å². The zero-order chi connectivity index (χ0) is 20.2. The molecule has 2 aromatic carbocycles. The zero-order valence-corrected chi connectivity index (χ0v) is 17.3. The maximum Gasteiger partial charge on any atom is 0.120 e. The molecule has 1 fully saturated rings. The first-order valence-corrected chi connectivity index (χ1v) is 10.5. The Morgan fingerprint density at radius 2 is 1.79 bits per heavy atom. The molecule has 3 aromatic rings. The fourth-order valence-electron chi connectivity index (χ4n) is 4.21. The lowest BCUT2D eigenvalue weighted by Crippen LogP contribution is -2.33. The molecular weight excluding hydrogens is 358 g/mol. The Bertz CT molecular complexity index is 963. The minimum absolute atomic E-state index is 0.360. The van der Waals surface area contributed by atoms with Crippen molar-refractivity contribution in [3.05, 3.63) is 77.2 Å². The van der Waals surface area contributed by atoms with E-state index < -0.39 is 0 Å². The molecule has 2 heterocycles. The molecule has 4 rings (SSSR count). The fourth-order valence-corrected chi connectivity index (χ4v) is 4.21. The lowest BCUT2D eigenvalue weighted by molar-refractivity contribution is 0.175. The Hall–Kier alpha value is -2.72. The predicted molar refractivity (Wildman–Crippen MR) is 117 cm³/mol. The van der Waals surface area contributed by atoms with Gasteiger partial charge in [0.25, 0.3) is 0 Å². The van der Waals surface area contributed by atoms with E-state index in [2.05, 4.69) is 51.3 Å². The van der Waals surface area contributed by atoms with Crippen molar-refractivity contribution in [3.63, 3.8) is 0 Å². The Morgan fingerprint density at radius 1 is 1.03 bits per heavy atom. The number of likely N-dealkylation sites (tertiary alicyclic amines) is 1. The van der Waals surface area contributed by atoms with Gasteiger partial charge in [0.2, 0.25) is 0 Å². The summed E-state index contributed by atoms with van der Waals surface area (Å²) in [5, 5.41) is 10.4. The van der Waals surface area contributed by atoms with Crippen LogP contribution in [0.25, 0.3) is 11.3 Å². The molecule has 0 amide bonds. The van der Waals surface area contributed by atoms with Gasteiger partial charge in [0, 0.05) is 23.9 Å². The van der Waals surface area contributed by atoms with Crippen LogP contribution >= 0.6 is 0 Å². The molecular formula is C25H29N3O. The predicted octanol–water partition coefficient (Wildman–Crippen LogP) is 4.92. The highest BCUT2D eigenvalue weighted by molar-refractivity contribution is 5.64. The summed E-state index contributed by atoms with van der Waals surface area (Å²) in [4.78, 5) is 11.5.